The summed E-state index contributed by atoms with van der Waals surface area (Å²) in [6.45, 7) is 6.89. The monoisotopic (exact) mass is 349 g/mol. The predicted octanol–water partition coefficient (Wildman–Crippen LogP) is 3.65. The van der Waals surface area contributed by atoms with E-state index < -0.39 is 17.8 Å². The Morgan fingerprint density at radius 2 is 1.96 bits per heavy atom. The van der Waals surface area contributed by atoms with Gasteiger partial charge < -0.3 is 19.9 Å². The molecule has 1 saturated carbocycles. The molecule has 25 heavy (non-hydrogen) atoms. The van der Waals surface area contributed by atoms with Crippen LogP contribution >= 0.6 is 0 Å². The van der Waals surface area contributed by atoms with Crippen LogP contribution in [0.1, 0.15) is 52.0 Å². The highest BCUT2D eigenvalue weighted by Gasteiger charge is 2.39. The van der Waals surface area contributed by atoms with Gasteiger partial charge in [-0.25, -0.2) is 4.79 Å². The highest BCUT2D eigenvalue weighted by molar-refractivity contribution is 5.67. The van der Waals surface area contributed by atoms with Crippen molar-refractivity contribution in [3.63, 3.8) is 0 Å². The van der Waals surface area contributed by atoms with Crippen molar-refractivity contribution in [3.05, 3.63) is 35.9 Å². The molecule has 0 spiro atoms. The molecule has 0 unspecified atom stereocenters. The molecule has 0 aliphatic heterocycles. The Morgan fingerprint density at radius 3 is 2.52 bits per heavy atom. The van der Waals surface area contributed by atoms with Crippen molar-refractivity contribution < 1.29 is 19.4 Å². The van der Waals surface area contributed by atoms with E-state index in [1.165, 1.54) is 0 Å². The molecule has 1 aliphatic rings. The van der Waals surface area contributed by atoms with Gasteiger partial charge in [0.2, 0.25) is 0 Å². The van der Waals surface area contributed by atoms with Crippen molar-refractivity contribution in [2.45, 2.75) is 64.8 Å². The summed E-state index contributed by atoms with van der Waals surface area (Å²) in [6.07, 6.45) is 2.88. The molecule has 1 atom stereocenters. The molecule has 0 radical (unpaired) electrons. The topological polar surface area (TPSA) is 67.8 Å². The van der Waals surface area contributed by atoms with E-state index in [0.717, 1.165) is 24.8 Å². The second-order valence-electron chi connectivity index (χ2n) is 8.07. The van der Waals surface area contributed by atoms with Crippen LogP contribution in [-0.4, -0.2) is 36.1 Å². The fourth-order valence-corrected chi connectivity index (χ4v) is 3.15. The number of carbonyl (C=O) groups is 1. The number of alkyl carbamates (subject to hydrolysis) is 1. The van der Waals surface area contributed by atoms with E-state index in [0.29, 0.717) is 26.2 Å². The van der Waals surface area contributed by atoms with Gasteiger partial charge in [0.25, 0.3) is 0 Å². The number of amides is 1. The molecule has 5 heteroatoms. The van der Waals surface area contributed by atoms with Crippen LogP contribution in [0.15, 0.2) is 30.3 Å². The van der Waals surface area contributed by atoms with Gasteiger partial charge in [-0.2, -0.15) is 0 Å². The van der Waals surface area contributed by atoms with E-state index in [1.807, 2.05) is 51.1 Å². The van der Waals surface area contributed by atoms with Crippen LogP contribution in [0.5, 0.6) is 0 Å². The summed E-state index contributed by atoms with van der Waals surface area (Å²) in [7, 11) is 0. The quantitative estimate of drug-likeness (QED) is 0.752. The average molecular weight is 349 g/mol. The van der Waals surface area contributed by atoms with Crippen molar-refractivity contribution in [2.24, 2.45) is 5.41 Å². The zero-order chi connectivity index (χ0) is 18.3. The van der Waals surface area contributed by atoms with E-state index >= 15 is 0 Å². The van der Waals surface area contributed by atoms with E-state index in [4.69, 9.17) is 9.47 Å². The number of hydrogen-bond acceptors (Lipinski definition) is 4. The summed E-state index contributed by atoms with van der Waals surface area (Å²) in [5, 5.41) is 13.2. The molecular formula is C20H31NO4. The van der Waals surface area contributed by atoms with Crippen molar-refractivity contribution in [1.29, 1.82) is 0 Å². The number of rotatable bonds is 8. The maximum atomic E-state index is 11.8. The van der Waals surface area contributed by atoms with Crippen molar-refractivity contribution in [1.82, 2.24) is 5.32 Å². The first-order valence-electron chi connectivity index (χ1n) is 9.05. The second kappa shape index (κ2) is 8.68. The average Bonchev–Trinajstić information content (AvgIpc) is 2.49. The highest BCUT2D eigenvalue weighted by Crippen LogP contribution is 2.44. The number of carbonyl (C=O) groups excluding carboxylic acids is 1. The van der Waals surface area contributed by atoms with Crippen LogP contribution in [0.4, 0.5) is 4.79 Å². The summed E-state index contributed by atoms with van der Waals surface area (Å²) in [4.78, 5) is 11.8. The number of benzene rings is 1. The number of hydrogen-bond donors (Lipinski definition) is 2. The van der Waals surface area contributed by atoms with Gasteiger partial charge in [0.05, 0.1) is 19.3 Å². The summed E-state index contributed by atoms with van der Waals surface area (Å²) in [6, 6.07) is 9.92. The predicted molar refractivity (Wildman–Crippen MR) is 97.2 cm³/mol. The van der Waals surface area contributed by atoms with Gasteiger partial charge in [-0.1, -0.05) is 36.8 Å². The standard InChI is InChI=1S/C20H31NO4/c1-19(2,3)25-18(23)21-15-20(10-7-11-20)12-17(22)14-24-13-16-8-5-4-6-9-16/h4-6,8-9,17,22H,7,10-15H2,1-3H3,(H,21,23)/t17-/m1/s1. The van der Waals surface area contributed by atoms with Crippen molar-refractivity contribution in [2.75, 3.05) is 13.2 Å². The summed E-state index contributed by atoms with van der Waals surface area (Å²) >= 11 is 0. The second-order valence-corrected chi connectivity index (χ2v) is 8.07. The Bertz CT molecular complexity index is 534. The molecule has 2 rings (SSSR count). The molecule has 5 nitrogen and oxygen atoms in total. The Balaban J connectivity index is 1.71. The Labute approximate surface area is 150 Å². The summed E-state index contributed by atoms with van der Waals surface area (Å²) < 4.78 is 10.9. The minimum Gasteiger partial charge on any atom is -0.444 e. The molecule has 1 amide bonds. The maximum absolute atomic E-state index is 11.8. The lowest BCUT2D eigenvalue weighted by molar-refractivity contribution is -0.0198. The number of nitrogens with one attached hydrogen (secondary N) is 1. The van der Waals surface area contributed by atoms with Crippen LogP contribution in [0.3, 0.4) is 0 Å². The molecule has 0 bridgehead atoms. The van der Waals surface area contributed by atoms with E-state index in [2.05, 4.69) is 5.32 Å². The highest BCUT2D eigenvalue weighted by atomic mass is 16.6. The van der Waals surface area contributed by atoms with E-state index in [9.17, 15) is 9.90 Å². The molecule has 2 N–H and O–H groups in total. The minimum atomic E-state index is -0.524. The lowest BCUT2D eigenvalue weighted by Gasteiger charge is -2.43. The van der Waals surface area contributed by atoms with Crippen molar-refractivity contribution in [3.8, 4) is 0 Å². The third-order valence-corrected chi connectivity index (χ3v) is 4.51. The molecule has 140 valence electrons. The third-order valence-electron chi connectivity index (χ3n) is 4.51. The van der Waals surface area contributed by atoms with Gasteiger partial charge >= 0.3 is 6.09 Å². The molecule has 1 aromatic carbocycles. The fourth-order valence-electron chi connectivity index (χ4n) is 3.15. The Kier molecular flexibility index (Phi) is 6.85. The fraction of sp³-hybridized carbons (Fsp3) is 0.650. The molecule has 0 aromatic heterocycles. The van der Waals surface area contributed by atoms with Gasteiger partial charge in [0.15, 0.2) is 0 Å². The van der Waals surface area contributed by atoms with Gasteiger partial charge in [-0.15, -0.1) is 0 Å². The lowest BCUT2D eigenvalue weighted by Crippen LogP contribution is -2.46. The molecule has 1 aliphatic carbocycles. The minimum absolute atomic E-state index is 0.0353. The van der Waals surface area contributed by atoms with Gasteiger partial charge in [-0.3, -0.25) is 0 Å². The third kappa shape index (κ3) is 7.04. The van der Waals surface area contributed by atoms with E-state index in [-0.39, 0.29) is 5.41 Å². The van der Waals surface area contributed by atoms with Crippen LogP contribution < -0.4 is 5.32 Å². The SMILES string of the molecule is CC(C)(C)OC(=O)NCC1(C[C@@H](O)COCc2ccccc2)CCC1. The first-order valence-corrected chi connectivity index (χ1v) is 9.05. The summed E-state index contributed by atoms with van der Waals surface area (Å²) in [5.41, 5.74) is 0.563. The first kappa shape index (κ1) is 19.7. The smallest absolute Gasteiger partial charge is 0.407 e. The van der Waals surface area contributed by atoms with Crippen LogP contribution in [-0.2, 0) is 16.1 Å². The maximum Gasteiger partial charge on any atom is 0.407 e. The molecule has 1 aromatic rings. The number of aliphatic hydroxyl groups is 1. The number of ether oxygens (including phenoxy) is 2. The zero-order valence-electron chi connectivity index (χ0n) is 15.6. The van der Waals surface area contributed by atoms with Crippen LogP contribution in [0.25, 0.3) is 0 Å². The first-order chi connectivity index (χ1) is 11.8. The molecule has 0 saturated heterocycles. The van der Waals surface area contributed by atoms with Gasteiger partial charge in [-0.05, 0) is 51.0 Å². The zero-order valence-corrected chi connectivity index (χ0v) is 15.6. The van der Waals surface area contributed by atoms with Gasteiger partial charge in [0.1, 0.15) is 5.60 Å². The largest absolute Gasteiger partial charge is 0.444 e. The van der Waals surface area contributed by atoms with Crippen LogP contribution in [0.2, 0.25) is 0 Å². The Hall–Kier alpha value is -1.59. The van der Waals surface area contributed by atoms with Crippen molar-refractivity contribution >= 4 is 6.09 Å². The van der Waals surface area contributed by atoms with Gasteiger partial charge in [0, 0.05) is 6.54 Å². The Morgan fingerprint density at radius 1 is 1.28 bits per heavy atom. The number of aliphatic hydroxyl groups excluding tert-OH is 1. The normalized spacial score (nSPS) is 17.4. The summed E-state index contributed by atoms with van der Waals surface area (Å²) in [5.74, 6) is 0. The molecule has 1 fully saturated rings. The van der Waals surface area contributed by atoms with Crippen LogP contribution in [0, 0.1) is 5.41 Å². The van der Waals surface area contributed by atoms with E-state index in [1.54, 1.807) is 0 Å². The molecular weight excluding hydrogens is 318 g/mol. The molecule has 0 heterocycles. The lowest BCUT2D eigenvalue weighted by atomic mass is 9.65.